The van der Waals surface area contributed by atoms with Gasteiger partial charge in [-0.1, -0.05) is 44.9 Å². The van der Waals surface area contributed by atoms with Crippen LogP contribution in [0.5, 0.6) is 0 Å². The van der Waals surface area contributed by atoms with Crippen LogP contribution in [0.15, 0.2) is 35.2 Å². The molecule has 0 saturated carbocycles. The molecular formula is C14H22OS. The molecule has 16 heavy (non-hydrogen) atoms. The molecule has 0 radical (unpaired) electrons. The molecule has 1 aromatic carbocycles. The second kappa shape index (κ2) is 7.75. The zero-order valence-electron chi connectivity index (χ0n) is 10.2. The van der Waals surface area contributed by atoms with Crippen molar-refractivity contribution < 1.29 is 5.11 Å². The molecule has 0 spiro atoms. The predicted molar refractivity (Wildman–Crippen MR) is 71.9 cm³/mol. The molecule has 1 rings (SSSR count). The van der Waals surface area contributed by atoms with E-state index in [4.69, 9.17) is 0 Å². The minimum absolute atomic E-state index is 0.171. The molecule has 0 aliphatic rings. The van der Waals surface area contributed by atoms with E-state index in [-0.39, 0.29) is 6.10 Å². The van der Waals surface area contributed by atoms with Crippen LogP contribution in [0, 0.1) is 5.92 Å². The second-order valence-corrected chi connectivity index (χ2v) is 5.29. The molecule has 0 bridgehead atoms. The standard InChI is InChI=1S/C14H22OS/c1-3-12(4-2)10-13(15)11-16-14-8-6-5-7-9-14/h5-9,12-13,15H,3-4,10-11H2,1-2H3. The number of benzene rings is 1. The van der Waals surface area contributed by atoms with Crippen LogP contribution in [-0.4, -0.2) is 17.0 Å². The Bertz CT molecular complexity index is 269. The summed E-state index contributed by atoms with van der Waals surface area (Å²) in [6.45, 7) is 4.40. The van der Waals surface area contributed by atoms with Crippen LogP contribution in [0.2, 0.25) is 0 Å². The van der Waals surface area contributed by atoms with Gasteiger partial charge in [0.2, 0.25) is 0 Å². The number of hydrogen-bond donors (Lipinski definition) is 1. The highest BCUT2D eigenvalue weighted by Crippen LogP contribution is 2.22. The predicted octanol–water partition coefficient (Wildman–Crippen LogP) is 3.97. The lowest BCUT2D eigenvalue weighted by Gasteiger charge is -2.16. The molecule has 90 valence electrons. The Morgan fingerprint density at radius 3 is 2.31 bits per heavy atom. The van der Waals surface area contributed by atoms with Gasteiger partial charge in [-0.2, -0.15) is 0 Å². The van der Waals surface area contributed by atoms with Crippen LogP contribution in [0.25, 0.3) is 0 Å². The molecule has 0 heterocycles. The molecule has 1 nitrogen and oxygen atoms in total. The van der Waals surface area contributed by atoms with E-state index in [1.807, 2.05) is 18.2 Å². The third-order valence-electron chi connectivity index (χ3n) is 2.95. The highest BCUT2D eigenvalue weighted by Gasteiger charge is 2.11. The smallest absolute Gasteiger partial charge is 0.0636 e. The maximum atomic E-state index is 9.92. The first-order chi connectivity index (χ1) is 7.76. The van der Waals surface area contributed by atoms with Gasteiger partial charge < -0.3 is 5.11 Å². The van der Waals surface area contributed by atoms with E-state index in [2.05, 4.69) is 26.0 Å². The molecule has 0 aliphatic carbocycles. The topological polar surface area (TPSA) is 20.2 Å². The molecule has 1 atom stereocenters. The normalized spacial score (nSPS) is 13.0. The summed E-state index contributed by atoms with van der Waals surface area (Å²) in [6, 6.07) is 10.3. The fraction of sp³-hybridized carbons (Fsp3) is 0.571. The van der Waals surface area contributed by atoms with Crippen molar-refractivity contribution in [2.24, 2.45) is 5.92 Å². The quantitative estimate of drug-likeness (QED) is 0.725. The van der Waals surface area contributed by atoms with Crippen molar-refractivity contribution in [3.63, 3.8) is 0 Å². The first-order valence-electron chi connectivity index (χ1n) is 6.12. The van der Waals surface area contributed by atoms with Gasteiger partial charge in [-0.25, -0.2) is 0 Å². The van der Waals surface area contributed by atoms with Gasteiger partial charge in [-0.05, 0) is 24.5 Å². The average Bonchev–Trinajstić information content (AvgIpc) is 2.34. The van der Waals surface area contributed by atoms with Crippen LogP contribution in [0.1, 0.15) is 33.1 Å². The van der Waals surface area contributed by atoms with E-state index in [0.717, 1.165) is 12.2 Å². The lowest BCUT2D eigenvalue weighted by atomic mass is 9.97. The molecule has 0 aromatic heterocycles. The monoisotopic (exact) mass is 238 g/mol. The number of rotatable bonds is 7. The molecular weight excluding hydrogens is 216 g/mol. The Morgan fingerprint density at radius 2 is 1.75 bits per heavy atom. The fourth-order valence-electron chi connectivity index (χ4n) is 1.78. The maximum absolute atomic E-state index is 9.92. The molecule has 2 heteroatoms. The maximum Gasteiger partial charge on any atom is 0.0636 e. The summed E-state index contributed by atoms with van der Waals surface area (Å²) in [5.74, 6) is 1.48. The summed E-state index contributed by atoms with van der Waals surface area (Å²) < 4.78 is 0. The molecule has 0 aliphatic heterocycles. The summed E-state index contributed by atoms with van der Waals surface area (Å²) in [7, 11) is 0. The summed E-state index contributed by atoms with van der Waals surface area (Å²) in [5, 5.41) is 9.92. The molecule has 1 N–H and O–H groups in total. The van der Waals surface area contributed by atoms with Crippen molar-refractivity contribution in [1.29, 1.82) is 0 Å². The zero-order chi connectivity index (χ0) is 11.8. The van der Waals surface area contributed by atoms with E-state index >= 15 is 0 Å². The van der Waals surface area contributed by atoms with Crippen molar-refractivity contribution in [3.8, 4) is 0 Å². The fourth-order valence-corrected chi connectivity index (χ4v) is 2.65. The van der Waals surface area contributed by atoms with Crippen molar-refractivity contribution in [2.75, 3.05) is 5.75 Å². The third kappa shape index (κ3) is 5.04. The Kier molecular flexibility index (Phi) is 6.58. The first kappa shape index (κ1) is 13.6. The van der Waals surface area contributed by atoms with Gasteiger partial charge in [0.25, 0.3) is 0 Å². The Labute approximate surface area is 103 Å². The summed E-state index contributed by atoms with van der Waals surface area (Å²) in [4.78, 5) is 1.24. The van der Waals surface area contributed by atoms with Gasteiger partial charge in [0, 0.05) is 10.6 Å². The van der Waals surface area contributed by atoms with Gasteiger partial charge in [0.1, 0.15) is 0 Å². The van der Waals surface area contributed by atoms with Crippen molar-refractivity contribution in [2.45, 2.75) is 44.1 Å². The lowest BCUT2D eigenvalue weighted by molar-refractivity contribution is 0.161. The van der Waals surface area contributed by atoms with Gasteiger partial charge in [0.05, 0.1) is 6.10 Å². The summed E-state index contributed by atoms with van der Waals surface area (Å²) >= 11 is 1.74. The molecule has 0 fully saturated rings. The number of hydrogen-bond acceptors (Lipinski definition) is 2. The van der Waals surface area contributed by atoms with E-state index in [1.54, 1.807) is 11.8 Å². The number of aliphatic hydroxyl groups is 1. The number of aliphatic hydroxyl groups excluding tert-OH is 1. The summed E-state index contributed by atoms with van der Waals surface area (Å²) in [5.41, 5.74) is 0. The summed E-state index contributed by atoms with van der Waals surface area (Å²) in [6.07, 6.45) is 3.11. The van der Waals surface area contributed by atoms with Crippen LogP contribution in [0.3, 0.4) is 0 Å². The SMILES string of the molecule is CCC(CC)CC(O)CSc1ccccc1. The Morgan fingerprint density at radius 1 is 1.12 bits per heavy atom. The average molecular weight is 238 g/mol. The minimum Gasteiger partial charge on any atom is -0.392 e. The molecule has 0 saturated heterocycles. The van der Waals surface area contributed by atoms with Gasteiger partial charge in [-0.15, -0.1) is 11.8 Å². The largest absolute Gasteiger partial charge is 0.392 e. The Hall–Kier alpha value is -0.470. The van der Waals surface area contributed by atoms with E-state index in [1.165, 1.54) is 17.7 Å². The van der Waals surface area contributed by atoms with Gasteiger partial charge in [-0.3, -0.25) is 0 Å². The first-order valence-corrected chi connectivity index (χ1v) is 7.10. The minimum atomic E-state index is -0.171. The van der Waals surface area contributed by atoms with E-state index in [9.17, 15) is 5.11 Å². The highest BCUT2D eigenvalue weighted by molar-refractivity contribution is 7.99. The van der Waals surface area contributed by atoms with Crippen molar-refractivity contribution >= 4 is 11.8 Å². The highest BCUT2D eigenvalue weighted by atomic mass is 32.2. The van der Waals surface area contributed by atoms with Crippen LogP contribution in [0.4, 0.5) is 0 Å². The molecule has 0 amide bonds. The molecule has 1 unspecified atom stereocenters. The van der Waals surface area contributed by atoms with Gasteiger partial charge in [0.15, 0.2) is 0 Å². The lowest BCUT2D eigenvalue weighted by Crippen LogP contribution is -2.15. The van der Waals surface area contributed by atoms with E-state index < -0.39 is 0 Å². The Balaban J connectivity index is 2.27. The molecule has 1 aromatic rings. The van der Waals surface area contributed by atoms with Crippen LogP contribution >= 0.6 is 11.8 Å². The zero-order valence-corrected chi connectivity index (χ0v) is 11.0. The van der Waals surface area contributed by atoms with Gasteiger partial charge >= 0.3 is 0 Å². The van der Waals surface area contributed by atoms with Crippen LogP contribution in [-0.2, 0) is 0 Å². The number of thioether (sulfide) groups is 1. The third-order valence-corrected chi connectivity index (χ3v) is 4.10. The second-order valence-electron chi connectivity index (χ2n) is 4.20. The van der Waals surface area contributed by atoms with E-state index in [0.29, 0.717) is 5.92 Å². The van der Waals surface area contributed by atoms with Crippen molar-refractivity contribution in [3.05, 3.63) is 30.3 Å². The van der Waals surface area contributed by atoms with Crippen LogP contribution < -0.4 is 0 Å². The van der Waals surface area contributed by atoms with Crippen molar-refractivity contribution in [1.82, 2.24) is 0 Å².